The molecule has 17 heavy (non-hydrogen) atoms. The van der Waals surface area contributed by atoms with E-state index in [0.717, 1.165) is 30.1 Å². The summed E-state index contributed by atoms with van der Waals surface area (Å²) in [5, 5.41) is 10.4. The van der Waals surface area contributed by atoms with Crippen molar-refractivity contribution < 1.29 is 9.84 Å². The van der Waals surface area contributed by atoms with Crippen molar-refractivity contribution in [3.8, 4) is 5.75 Å². The van der Waals surface area contributed by atoms with Crippen LogP contribution < -0.4 is 4.74 Å². The van der Waals surface area contributed by atoms with Gasteiger partial charge in [0.05, 0.1) is 13.2 Å². The van der Waals surface area contributed by atoms with Crippen LogP contribution in [0.4, 0.5) is 0 Å². The molecular weight excluding hydrogens is 212 g/mol. The van der Waals surface area contributed by atoms with Gasteiger partial charge in [-0.2, -0.15) is 0 Å². The third kappa shape index (κ3) is 3.01. The maximum atomic E-state index is 10.4. The van der Waals surface area contributed by atoms with Crippen molar-refractivity contribution in [1.29, 1.82) is 0 Å². The molecule has 0 bridgehead atoms. The summed E-state index contributed by atoms with van der Waals surface area (Å²) in [6, 6.07) is 7.79. The molecule has 0 aromatic heterocycles. The topological polar surface area (TPSA) is 29.5 Å². The molecule has 3 unspecified atom stereocenters. The summed E-state index contributed by atoms with van der Waals surface area (Å²) in [6.07, 6.45) is 4.54. The van der Waals surface area contributed by atoms with Crippen molar-refractivity contribution in [3.63, 3.8) is 0 Å². The van der Waals surface area contributed by atoms with E-state index in [9.17, 15) is 5.11 Å². The predicted octanol–water partition coefficient (Wildman–Crippen LogP) is 3.55. The van der Waals surface area contributed by atoms with E-state index in [4.69, 9.17) is 4.74 Å². The second-order valence-corrected chi connectivity index (χ2v) is 5.25. The molecule has 0 aliphatic heterocycles. The molecule has 2 nitrogen and oxygen atoms in total. The first-order valence-electron chi connectivity index (χ1n) is 6.52. The van der Waals surface area contributed by atoms with Gasteiger partial charge in [-0.15, -0.1) is 0 Å². The highest BCUT2D eigenvalue weighted by molar-refractivity contribution is 5.28. The van der Waals surface area contributed by atoms with E-state index in [1.807, 2.05) is 24.3 Å². The van der Waals surface area contributed by atoms with Gasteiger partial charge in [-0.3, -0.25) is 0 Å². The maximum Gasteiger partial charge on any atom is 0.118 e. The molecular formula is C15H22O2. The Balaban J connectivity index is 2.04. The molecule has 1 saturated carbocycles. The Morgan fingerprint density at radius 1 is 1.24 bits per heavy atom. The van der Waals surface area contributed by atoms with Crippen LogP contribution in [-0.2, 0) is 0 Å². The molecule has 0 amide bonds. The van der Waals surface area contributed by atoms with Crippen LogP contribution in [0.1, 0.15) is 44.3 Å². The Labute approximate surface area is 104 Å². The monoisotopic (exact) mass is 234 g/mol. The molecule has 1 aliphatic carbocycles. The smallest absolute Gasteiger partial charge is 0.118 e. The van der Waals surface area contributed by atoms with Crippen LogP contribution in [0, 0.1) is 11.8 Å². The van der Waals surface area contributed by atoms with Gasteiger partial charge in [-0.1, -0.05) is 31.9 Å². The van der Waals surface area contributed by atoms with Crippen molar-refractivity contribution in [2.45, 2.75) is 38.7 Å². The zero-order valence-corrected chi connectivity index (χ0v) is 10.7. The van der Waals surface area contributed by atoms with Gasteiger partial charge < -0.3 is 9.84 Å². The number of hydrogen-bond donors (Lipinski definition) is 1. The largest absolute Gasteiger partial charge is 0.497 e. The SMILES string of the molecule is COc1ccc(C(O)C2CCCC(C)C2)cc1. The van der Waals surface area contributed by atoms with Gasteiger partial charge in [-0.05, 0) is 42.4 Å². The van der Waals surface area contributed by atoms with E-state index in [0.29, 0.717) is 5.92 Å². The van der Waals surface area contributed by atoms with Gasteiger partial charge in [0.1, 0.15) is 5.75 Å². The third-order valence-corrected chi connectivity index (χ3v) is 3.88. The van der Waals surface area contributed by atoms with Crippen LogP contribution in [0.2, 0.25) is 0 Å². The number of aliphatic hydroxyl groups excluding tert-OH is 1. The molecule has 1 aromatic carbocycles. The second kappa shape index (κ2) is 5.54. The third-order valence-electron chi connectivity index (χ3n) is 3.88. The van der Waals surface area contributed by atoms with Crippen LogP contribution in [-0.4, -0.2) is 12.2 Å². The molecule has 94 valence electrons. The molecule has 0 spiro atoms. The van der Waals surface area contributed by atoms with Crippen LogP contribution in [0.15, 0.2) is 24.3 Å². The summed E-state index contributed by atoms with van der Waals surface area (Å²) >= 11 is 0. The van der Waals surface area contributed by atoms with Crippen molar-refractivity contribution in [1.82, 2.24) is 0 Å². The minimum atomic E-state index is -0.316. The number of benzene rings is 1. The average Bonchev–Trinajstić information content (AvgIpc) is 2.38. The molecule has 1 aromatic rings. The summed E-state index contributed by atoms with van der Waals surface area (Å²) < 4.78 is 5.13. The van der Waals surface area contributed by atoms with Crippen molar-refractivity contribution in [2.75, 3.05) is 7.11 Å². The normalized spacial score (nSPS) is 26.5. The molecule has 0 saturated heterocycles. The van der Waals surface area contributed by atoms with Crippen molar-refractivity contribution >= 4 is 0 Å². The van der Waals surface area contributed by atoms with Gasteiger partial charge in [0.15, 0.2) is 0 Å². The van der Waals surface area contributed by atoms with E-state index in [1.165, 1.54) is 12.8 Å². The Hall–Kier alpha value is -1.02. The second-order valence-electron chi connectivity index (χ2n) is 5.25. The standard InChI is InChI=1S/C15H22O2/c1-11-4-3-5-13(10-11)15(16)12-6-8-14(17-2)9-7-12/h6-9,11,13,15-16H,3-5,10H2,1-2H3. The lowest BCUT2D eigenvalue weighted by atomic mass is 9.78. The van der Waals surface area contributed by atoms with Gasteiger partial charge >= 0.3 is 0 Å². The molecule has 3 atom stereocenters. The zero-order valence-electron chi connectivity index (χ0n) is 10.7. The van der Waals surface area contributed by atoms with Gasteiger partial charge in [0, 0.05) is 0 Å². The van der Waals surface area contributed by atoms with Crippen molar-refractivity contribution in [3.05, 3.63) is 29.8 Å². The lowest BCUT2D eigenvalue weighted by Crippen LogP contribution is -2.20. The molecule has 2 rings (SSSR count). The average molecular weight is 234 g/mol. The predicted molar refractivity (Wildman–Crippen MR) is 69.1 cm³/mol. The van der Waals surface area contributed by atoms with Crippen LogP contribution >= 0.6 is 0 Å². The minimum absolute atomic E-state index is 0.316. The molecule has 0 radical (unpaired) electrons. The Bertz CT molecular complexity index is 344. The Morgan fingerprint density at radius 2 is 1.94 bits per heavy atom. The number of hydrogen-bond acceptors (Lipinski definition) is 2. The quantitative estimate of drug-likeness (QED) is 0.866. The van der Waals surface area contributed by atoms with Crippen LogP contribution in [0.3, 0.4) is 0 Å². The number of aliphatic hydroxyl groups is 1. The molecule has 1 N–H and O–H groups in total. The van der Waals surface area contributed by atoms with E-state index in [-0.39, 0.29) is 6.10 Å². The molecule has 2 heteroatoms. The molecule has 0 heterocycles. The highest BCUT2D eigenvalue weighted by atomic mass is 16.5. The number of rotatable bonds is 3. The summed E-state index contributed by atoms with van der Waals surface area (Å²) in [6.45, 7) is 2.28. The summed E-state index contributed by atoms with van der Waals surface area (Å²) in [4.78, 5) is 0. The maximum absolute atomic E-state index is 10.4. The number of ether oxygens (including phenoxy) is 1. The zero-order chi connectivity index (χ0) is 12.3. The first-order chi connectivity index (χ1) is 8.20. The lowest BCUT2D eigenvalue weighted by molar-refractivity contribution is 0.0714. The Kier molecular flexibility index (Phi) is 4.06. The van der Waals surface area contributed by atoms with E-state index in [2.05, 4.69) is 6.92 Å². The van der Waals surface area contributed by atoms with Crippen LogP contribution in [0.5, 0.6) is 5.75 Å². The lowest BCUT2D eigenvalue weighted by Gasteiger charge is -2.30. The van der Waals surface area contributed by atoms with Crippen molar-refractivity contribution in [2.24, 2.45) is 11.8 Å². The van der Waals surface area contributed by atoms with E-state index in [1.54, 1.807) is 7.11 Å². The summed E-state index contributed by atoms with van der Waals surface area (Å²) in [5.74, 6) is 2.02. The van der Waals surface area contributed by atoms with Gasteiger partial charge in [0.2, 0.25) is 0 Å². The first-order valence-corrected chi connectivity index (χ1v) is 6.52. The molecule has 1 aliphatic rings. The Morgan fingerprint density at radius 3 is 2.53 bits per heavy atom. The highest BCUT2D eigenvalue weighted by Crippen LogP contribution is 2.37. The summed E-state index contributed by atoms with van der Waals surface area (Å²) in [5.41, 5.74) is 1.02. The summed E-state index contributed by atoms with van der Waals surface area (Å²) in [7, 11) is 1.66. The first kappa shape index (κ1) is 12.4. The minimum Gasteiger partial charge on any atom is -0.497 e. The van der Waals surface area contributed by atoms with Gasteiger partial charge in [0.25, 0.3) is 0 Å². The number of methoxy groups -OCH3 is 1. The fourth-order valence-corrected chi connectivity index (χ4v) is 2.84. The van der Waals surface area contributed by atoms with E-state index >= 15 is 0 Å². The van der Waals surface area contributed by atoms with Crippen LogP contribution in [0.25, 0.3) is 0 Å². The molecule has 1 fully saturated rings. The fraction of sp³-hybridized carbons (Fsp3) is 0.600. The van der Waals surface area contributed by atoms with E-state index < -0.39 is 0 Å². The highest BCUT2D eigenvalue weighted by Gasteiger charge is 2.26. The van der Waals surface area contributed by atoms with Gasteiger partial charge in [-0.25, -0.2) is 0 Å². The fourth-order valence-electron chi connectivity index (χ4n) is 2.84.